The third-order valence-electron chi connectivity index (χ3n) is 5.63. The number of anilines is 2. The second kappa shape index (κ2) is 11.2. The highest BCUT2D eigenvalue weighted by Crippen LogP contribution is 2.46. The molecule has 1 heterocycles. The van der Waals surface area contributed by atoms with Crippen molar-refractivity contribution < 1.29 is 23.8 Å². The molecule has 0 aliphatic carbocycles. The number of carbonyl (C=O) groups is 2. The number of hydrogen-bond acceptors (Lipinski definition) is 6. The van der Waals surface area contributed by atoms with Crippen molar-refractivity contribution in [2.45, 2.75) is 23.5 Å². The second-order valence-electron chi connectivity index (χ2n) is 7.85. The van der Waals surface area contributed by atoms with Crippen LogP contribution in [0.1, 0.15) is 24.2 Å². The summed E-state index contributed by atoms with van der Waals surface area (Å²) in [5.41, 5.74) is 2.25. The van der Waals surface area contributed by atoms with Crippen LogP contribution in [-0.4, -0.2) is 39.2 Å². The van der Waals surface area contributed by atoms with E-state index in [1.54, 1.807) is 43.0 Å². The molecule has 1 aliphatic heterocycles. The van der Waals surface area contributed by atoms with Crippen LogP contribution in [0, 0.1) is 0 Å². The minimum Gasteiger partial charge on any atom is -0.493 e. The van der Waals surface area contributed by atoms with E-state index in [1.165, 1.54) is 0 Å². The first-order chi connectivity index (χ1) is 17.0. The van der Waals surface area contributed by atoms with E-state index in [0.29, 0.717) is 29.5 Å². The van der Waals surface area contributed by atoms with Crippen molar-refractivity contribution in [3.63, 3.8) is 0 Å². The predicted molar refractivity (Wildman–Crippen MR) is 138 cm³/mol. The standard InChI is InChI=1S/C27H28N2O5S/c1-4-34-21-11-7-5-9-19(21)28-26(30)17-29-20-10-6-8-12-24(20)35-25(16-27(29)31)18-13-14-22(32-2)23(15-18)33-3/h5-15,25H,4,16-17H2,1-3H3,(H,28,30)/t25-/m1/s1. The predicted octanol–water partition coefficient (Wildman–Crippen LogP) is 5.31. The molecule has 1 N–H and O–H groups in total. The highest BCUT2D eigenvalue weighted by molar-refractivity contribution is 7.99. The van der Waals surface area contributed by atoms with Gasteiger partial charge in [0.2, 0.25) is 11.8 Å². The highest BCUT2D eigenvalue weighted by atomic mass is 32.2. The number of nitrogens with zero attached hydrogens (tertiary/aromatic N) is 1. The molecule has 0 bridgehead atoms. The maximum atomic E-state index is 13.4. The molecular formula is C27H28N2O5S. The second-order valence-corrected chi connectivity index (χ2v) is 9.09. The number of nitrogens with one attached hydrogen (secondary N) is 1. The van der Waals surface area contributed by atoms with Crippen LogP contribution in [-0.2, 0) is 9.59 Å². The van der Waals surface area contributed by atoms with E-state index in [2.05, 4.69) is 5.32 Å². The van der Waals surface area contributed by atoms with Gasteiger partial charge < -0.3 is 24.4 Å². The number of carbonyl (C=O) groups excluding carboxylic acids is 2. The summed E-state index contributed by atoms with van der Waals surface area (Å²) in [6.07, 6.45) is 0.234. The lowest BCUT2D eigenvalue weighted by atomic mass is 10.1. The van der Waals surface area contributed by atoms with Crippen LogP contribution in [0.3, 0.4) is 0 Å². The molecule has 35 heavy (non-hydrogen) atoms. The molecule has 0 saturated carbocycles. The van der Waals surface area contributed by atoms with Crippen LogP contribution < -0.4 is 24.4 Å². The Morgan fingerprint density at radius 3 is 2.51 bits per heavy atom. The summed E-state index contributed by atoms with van der Waals surface area (Å²) in [5, 5.41) is 2.75. The molecule has 3 aromatic carbocycles. The Morgan fingerprint density at radius 1 is 1.00 bits per heavy atom. The van der Waals surface area contributed by atoms with E-state index in [9.17, 15) is 9.59 Å². The molecule has 0 spiro atoms. The van der Waals surface area contributed by atoms with E-state index >= 15 is 0 Å². The Balaban J connectivity index is 1.59. The summed E-state index contributed by atoms with van der Waals surface area (Å²) in [6.45, 7) is 2.27. The van der Waals surface area contributed by atoms with Gasteiger partial charge in [0.05, 0.1) is 32.2 Å². The van der Waals surface area contributed by atoms with Gasteiger partial charge in [0.15, 0.2) is 11.5 Å². The molecule has 7 nitrogen and oxygen atoms in total. The van der Waals surface area contributed by atoms with Gasteiger partial charge in [-0.1, -0.05) is 30.3 Å². The monoisotopic (exact) mass is 492 g/mol. The van der Waals surface area contributed by atoms with Gasteiger partial charge in [0, 0.05) is 16.6 Å². The minimum absolute atomic E-state index is 0.102. The smallest absolute Gasteiger partial charge is 0.244 e. The van der Waals surface area contributed by atoms with Crippen molar-refractivity contribution >= 4 is 35.0 Å². The highest BCUT2D eigenvalue weighted by Gasteiger charge is 2.31. The molecular weight excluding hydrogens is 464 g/mol. The topological polar surface area (TPSA) is 77.1 Å². The van der Waals surface area contributed by atoms with Crippen LogP contribution in [0.25, 0.3) is 0 Å². The number of hydrogen-bond donors (Lipinski definition) is 1. The van der Waals surface area contributed by atoms with Crippen LogP contribution in [0.15, 0.2) is 71.6 Å². The number of amides is 2. The van der Waals surface area contributed by atoms with Gasteiger partial charge in [-0.3, -0.25) is 9.59 Å². The number of ether oxygens (including phenoxy) is 3. The molecule has 3 aromatic rings. The largest absolute Gasteiger partial charge is 0.493 e. The van der Waals surface area contributed by atoms with E-state index in [0.717, 1.165) is 16.1 Å². The Hall–Kier alpha value is -3.65. The van der Waals surface area contributed by atoms with Gasteiger partial charge in [0.25, 0.3) is 0 Å². The van der Waals surface area contributed by atoms with Gasteiger partial charge in [0.1, 0.15) is 12.3 Å². The molecule has 2 amide bonds. The third kappa shape index (κ3) is 5.54. The van der Waals surface area contributed by atoms with Crippen LogP contribution in [0.5, 0.6) is 17.2 Å². The van der Waals surface area contributed by atoms with Crippen LogP contribution >= 0.6 is 11.8 Å². The molecule has 0 radical (unpaired) electrons. The molecule has 0 saturated heterocycles. The van der Waals surface area contributed by atoms with E-state index < -0.39 is 0 Å². The Bertz CT molecular complexity index is 1220. The fraction of sp³-hybridized carbons (Fsp3) is 0.259. The normalized spacial score (nSPS) is 15.1. The maximum Gasteiger partial charge on any atom is 0.244 e. The van der Waals surface area contributed by atoms with Gasteiger partial charge in [-0.05, 0) is 48.9 Å². The van der Waals surface area contributed by atoms with E-state index in [-0.39, 0.29) is 30.0 Å². The first-order valence-corrected chi connectivity index (χ1v) is 12.2. The molecule has 8 heteroatoms. The summed E-state index contributed by atoms with van der Waals surface area (Å²) in [5.74, 6) is 1.41. The summed E-state index contributed by atoms with van der Waals surface area (Å²) >= 11 is 1.60. The van der Waals surface area contributed by atoms with E-state index in [1.807, 2.05) is 61.5 Å². The zero-order valence-corrected chi connectivity index (χ0v) is 20.8. The zero-order valence-electron chi connectivity index (χ0n) is 19.9. The van der Waals surface area contributed by atoms with Gasteiger partial charge in [-0.15, -0.1) is 11.8 Å². The molecule has 1 aliphatic rings. The SMILES string of the molecule is CCOc1ccccc1NC(=O)CN1C(=O)C[C@H](c2ccc(OC)c(OC)c2)Sc2ccccc21. The maximum absolute atomic E-state index is 13.4. The quantitative estimate of drug-likeness (QED) is 0.459. The number of para-hydroxylation sites is 3. The lowest BCUT2D eigenvalue weighted by molar-refractivity contribution is -0.121. The average molecular weight is 493 g/mol. The fourth-order valence-corrected chi connectivity index (χ4v) is 5.25. The Kier molecular flexibility index (Phi) is 7.82. The molecule has 4 rings (SSSR count). The summed E-state index contributed by atoms with van der Waals surface area (Å²) in [4.78, 5) is 28.9. The van der Waals surface area contributed by atoms with Crippen molar-refractivity contribution in [2.75, 3.05) is 37.6 Å². The van der Waals surface area contributed by atoms with Crippen molar-refractivity contribution in [3.8, 4) is 17.2 Å². The Morgan fingerprint density at radius 2 is 1.74 bits per heavy atom. The summed E-state index contributed by atoms with van der Waals surface area (Å²) in [6, 6.07) is 20.6. The first-order valence-electron chi connectivity index (χ1n) is 11.3. The molecule has 182 valence electrons. The van der Waals surface area contributed by atoms with Gasteiger partial charge in [-0.2, -0.15) is 0 Å². The number of methoxy groups -OCH3 is 2. The average Bonchev–Trinajstić information content (AvgIpc) is 3.01. The third-order valence-corrected chi connectivity index (χ3v) is 6.95. The van der Waals surface area contributed by atoms with Crippen molar-refractivity contribution in [2.24, 2.45) is 0 Å². The van der Waals surface area contributed by atoms with Crippen LogP contribution in [0.2, 0.25) is 0 Å². The van der Waals surface area contributed by atoms with Gasteiger partial charge >= 0.3 is 0 Å². The van der Waals surface area contributed by atoms with Crippen molar-refractivity contribution in [1.82, 2.24) is 0 Å². The van der Waals surface area contributed by atoms with Crippen LogP contribution in [0.4, 0.5) is 11.4 Å². The molecule has 1 atom stereocenters. The number of fused-ring (bicyclic) bond motifs is 1. The zero-order chi connectivity index (χ0) is 24.8. The Labute approximate surface area is 209 Å². The molecule has 0 fully saturated rings. The van der Waals surface area contributed by atoms with E-state index in [4.69, 9.17) is 14.2 Å². The molecule has 0 aromatic heterocycles. The molecule has 0 unspecified atom stereocenters. The van der Waals surface area contributed by atoms with Crippen molar-refractivity contribution in [3.05, 3.63) is 72.3 Å². The lowest BCUT2D eigenvalue weighted by Crippen LogP contribution is -2.38. The summed E-state index contributed by atoms with van der Waals surface area (Å²) < 4.78 is 16.4. The summed E-state index contributed by atoms with van der Waals surface area (Å²) in [7, 11) is 3.18. The number of thioether (sulfide) groups is 1. The number of rotatable bonds is 8. The van der Waals surface area contributed by atoms with Gasteiger partial charge in [-0.25, -0.2) is 0 Å². The lowest BCUT2D eigenvalue weighted by Gasteiger charge is -2.22. The first kappa shape index (κ1) is 24.5. The number of benzene rings is 3. The van der Waals surface area contributed by atoms with Crippen molar-refractivity contribution in [1.29, 1.82) is 0 Å². The fourth-order valence-electron chi connectivity index (χ4n) is 3.97. The minimum atomic E-state index is -0.296.